The summed E-state index contributed by atoms with van der Waals surface area (Å²) in [6.45, 7) is 1.61. The normalized spacial score (nSPS) is 12.6. The molecule has 2 nitrogen and oxygen atoms in total. The second-order valence-corrected chi connectivity index (χ2v) is 3.50. The summed E-state index contributed by atoms with van der Waals surface area (Å²) in [7, 11) is 1.43. The monoisotopic (exact) mass is 218 g/mol. The van der Waals surface area contributed by atoms with Crippen LogP contribution in [0, 0.1) is 5.82 Å². The highest BCUT2D eigenvalue weighted by atomic mass is 35.5. The van der Waals surface area contributed by atoms with E-state index in [1.54, 1.807) is 6.92 Å². The molecule has 0 amide bonds. The minimum Gasteiger partial charge on any atom is -0.495 e. The van der Waals surface area contributed by atoms with E-state index in [9.17, 15) is 4.39 Å². The summed E-state index contributed by atoms with van der Waals surface area (Å²) >= 11 is 5.83. The average Bonchev–Trinajstić information content (AvgIpc) is 2.19. The summed E-state index contributed by atoms with van der Waals surface area (Å²) < 4.78 is 18.3. The van der Waals surface area contributed by atoms with Gasteiger partial charge in [-0.1, -0.05) is 18.5 Å². The predicted octanol–water partition coefficient (Wildman–Crippen LogP) is 2.58. The van der Waals surface area contributed by atoms with Crippen molar-refractivity contribution in [1.29, 1.82) is 0 Å². The third kappa shape index (κ3) is 2.16. The molecule has 1 N–H and O–H groups in total. The minimum atomic E-state index is -0.409. The van der Waals surface area contributed by atoms with Crippen LogP contribution in [0.3, 0.4) is 0 Å². The molecule has 0 fully saturated rings. The predicted molar refractivity (Wildman–Crippen MR) is 53.5 cm³/mol. The summed E-state index contributed by atoms with van der Waals surface area (Å²) in [4.78, 5) is 0. The molecule has 78 valence electrons. The molecule has 0 aromatic heterocycles. The number of rotatable bonds is 3. The van der Waals surface area contributed by atoms with Crippen molar-refractivity contribution in [3.8, 4) is 5.75 Å². The van der Waals surface area contributed by atoms with Crippen molar-refractivity contribution >= 4 is 11.6 Å². The van der Waals surface area contributed by atoms with Gasteiger partial charge in [0.15, 0.2) is 0 Å². The first-order valence-electron chi connectivity index (χ1n) is 4.24. The molecule has 0 heterocycles. The maximum absolute atomic E-state index is 13.4. The fourth-order valence-electron chi connectivity index (χ4n) is 1.18. The van der Waals surface area contributed by atoms with Crippen LogP contribution in [0.15, 0.2) is 12.1 Å². The van der Waals surface area contributed by atoms with E-state index in [4.69, 9.17) is 21.4 Å². The van der Waals surface area contributed by atoms with Gasteiger partial charge in [0.05, 0.1) is 12.1 Å². The summed E-state index contributed by atoms with van der Waals surface area (Å²) in [5, 5.41) is 9.24. The van der Waals surface area contributed by atoms with Gasteiger partial charge in [0.2, 0.25) is 0 Å². The lowest BCUT2D eigenvalue weighted by Gasteiger charge is -2.12. The Labute approximate surface area is 87.3 Å². The molecule has 0 aliphatic heterocycles. The first-order chi connectivity index (χ1) is 6.60. The molecule has 0 saturated heterocycles. The van der Waals surface area contributed by atoms with Gasteiger partial charge in [0, 0.05) is 18.6 Å². The van der Waals surface area contributed by atoms with Gasteiger partial charge in [-0.25, -0.2) is 4.39 Å². The number of ether oxygens (including phenoxy) is 1. The van der Waals surface area contributed by atoms with Crippen LogP contribution in [0.2, 0.25) is 5.02 Å². The highest BCUT2D eigenvalue weighted by Crippen LogP contribution is 2.30. The van der Waals surface area contributed by atoms with Crippen molar-refractivity contribution in [2.24, 2.45) is 0 Å². The first kappa shape index (κ1) is 11.3. The largest absolute Gasteiger partial charge is 0.495 e. The van der Waals surface area contributed by atoms with Crippen LogP contribution in [-0.2, 0) is 0 Å². The summed E-state index contributed by atoms with van der Waals surface area (Å²) in [5.74, 6) is -0.371. The topological polar surface area (TPSA) is 29.5 Å². The van der Waals surface area contributed by atoms with Crippen LogP contribution in [0.4, 0.5) is 4.39 Å². The standard InChI is InChI=1S/C10H12ClFO2/c1-6(5-13)7-3-8(11)10(14-2)4-9(7)12/h3-4,6,13H,5H2,1-2H3. The Hall–Kier alpha value is -0.800. The van der Waals surface area contributed by atoms with Gasteiger partial charge >= 0.3 is 0 Å². The third-order valence-electron chi connectivity index (χ3n) is 2.08. The minimum absolute atomic E-state index is 0.112. The quantitative estimate of drug-likeness (QED) is 0.845. The van der Waals surface area contributed by atoms with Gasteiger partial charge < -0.3 is 9.84 Å². The van der Waals surface area contributed by atoms with E-state index in [2.05, 4.69) is 0 Å². The summed E-state index contributed by atoms with van der Waals surface area (Å²) in [6, 6.07) is 2.71. The number of aliphatic hydroxyl groups excluding tert-OH is 1. The van der Waals surface area contributed by atoms with Crippen LogP contribution in [-0.4, -0.2) is 18.8 Å². The number of hydrogen-bond donors (Lipinski definition) is 1. The zero-order valence-corrected chi connectivity index (χ0v) is 8.81. The van der Waals surface area contributed by atoms with Crippen molar-refractivity contribution in [3.63, 3.8) is 0 Å². The summed E-state index contributed by atoms with van der Waals surface area (Å²) in [5.41, 5.74) is 0.401. The highest BCUT2D eigenvalue weighted by molar-refractivity contribution is 6.32. The van der Waals surface area contributed by atoms with E-state index in [0.29, 0.717) is 16.3 Å². The van der Waals surface area contributed by atoms with Crippen molar-refractivity contribution in [2.75, 3.05) is 13.7 Å². The van der Waals surface area contributed by atoms with Crippen LogP contribution < -0.4 is 4.74 Å². The molecule has 1 aromatic carbocycles. The number of methoxy groups -OCH3 is 1. The molecule has 1 atom stereocenters. The van der Waals surface area contributed by atoms with Crippen LogP contribution in [0.25, 0.3) is 0 Å². The lowest BCUT2D eigenvalue weighted by molar-refractivity contribution is 0.270. The van der Waals surface area contributed by atoms with E-state index in [1.165, 1.54) is 19.2 Å². The molecule has 0 aliphatic rings. The Morgan fingerprint density at radius 2 is 2.21 bits per heavy atom. The van der Waals surface area contributed by atoms with Crippen LogP contribution >= 0.6 is 11.6 Å². The van der Waals surface area contributed by atoms with Gasteiger partial charge in [-0.2, -0.15) is 0 Å². The molecular weight excluding hydrogens is 207 g/mol. The van der Waals surface area contributed by atoms with Crippen molar-refractivity contribution < 1.29 is 14.2 Å². The van der Waals surface area contributed by atoms with E-state index in [0.717, 1.165) is 0 Å². The molecule has 0 radical (unpaired) electrons. The number of aliphatic hydroxyl groups is 1. The Morgan fingerprint density at radius 3 is 2.71 bits per heavy atom. The lowest BCUT2D eigenvalue weighted by atomic mass is 10.0. The zero-order chi connectivity index (χ0) is 10.7. The molecule has 0 bridgehead atoms. The first-order valence-corrected chi connectivity index (χ1v) is 4.61. The number of benzene rings is 1. The Kier molecular flexibility index (Phi) is 3.72. The van der Waals surface area contributed by atoms with E-state index in [-0.39, 0.29) is 12.5 Å². The second kappa shape index (κ2) is 4.62. The Bertz CT molecular complexity index is 328. The van der Waals surface area contributed by atoms with E-state index in [1.807, 2.05) is 0 Å². The van der Waals surface area contributed by atoms with Crippen LogP contribution in [0.1, 0.15) is 18.4 Å². The van der Waals surface area contributed by atoms with E-state index >= 15 is 0 Å². The summed E-state index contributed by atoms with van der Waals surface area (Å²) in [6.07, 6.45) is 0. The van der Waals surface area contributed by atoms with Gasteiger partial charge in [0.1, 0.15) is 11.6 Å². The smallest absolute Gasteiger partial charge is 0.140 e. The zero-order valence-electron chi connectivity index (χ0n) is 8.05. The molecular formula is C10H12ClFO2. The number of hydrogen-bond acceptors (Lipinski definition) is 2. The second-order valence-electron chi connectivity index (χ2n) is 3.09. The van der Waals surface area contributed by atoms with Crippen molar-refractivity contribution in [1.82, 2.24) is 0 Å². The number of halogens is 2. The molecule has 0 spiro atoms. The molecule has 1 rings (SSSR count). The molecule has 1 unspecified atom stereocenters. The molecule has 14 heavy (non-hydrogen) atoms. The molecule has 4 heteroatoms. The molecule has 0 saturated carbocycles. The lowest BCUT2D eigenvalue weighted by Crippen LogP contribution is -2.02. The molecule has 0 aliphatic carbocycles. The van der Waals surface area contributed by atoms with Gasteiger partial charge in [0.25, 0.3) is 0 Å². The van der Waals surface area contributed by atoms with Gasteiger partial charge in [-0.3, -0.25) is 0 Å². The van der Waals surface area contributed by atoms with Gasteiger partial charge in [-0.05, 0) is 11.6 Å². The van der Waals surface area contributed by atoms with Gasteiger partial charge in [-0.15, -0.1) is 0 Å². The van der Waals surface area contributed by atoms with Crippen LogP contribution in [0.5, 0.6) is 5.75 Å². The average molecular weight is 219 g/mol. The maximum Gasteiger partial charge on any atom is 0.140 e. The maximum atomic E-state index is 13.4. The van der Waals surface area contributed by atoms with Crippen molar-refractivity contribution in [3.05, 3.63) is 28.5 Å². The fourth-order valence-corrected chi connectivity index (χ4v) is 1.43. The SMILES string of the molecule is COc1cc(F)c(C(C)CO)cc1Cl. The Balaban J connectivity index is 3.14. The van der Waals surface area contributed by atoms with E-state index < -0.39 is 5.82 Å². The highest BCUT2D eigenvalue weighted by Gasteiger charge is 2.13. The fraction of sp³-hybridized carbons (Fsp3) is 0.400. The van der Waals surface area contributed by atoms with Crippen molar-refractivity contribution in [2.45, 2.75) is 12.8 Å². The Morgan fingerprint density at radius 1 is 1.57 bits per heavy atom. The molecule has 1 aromatic rings. The third-order valence-corrected chi connectivity index (χ3v) is 2.37.